The maximum Gasteiger partial charge on any atom is 0.192 e. The summed E-state index contributed by atoms with van der Waals surface area (Å²) in [7, 11) is 1.94. The van der Waals surface area contributed by atoms with Crippen molar-refractivity contribution in [2.24, 2.45) is 12.0 Å². The zero-order valence-corrected chi connectivity index (χ0v) is 16.5. The van der Waals surface area contributed by atoms with Crippen LogP contribution in [0.1, 0.15) is 55.7 Å². The number of aromatic nitrogens is 4. The molecule has 0 bridgehead atoms. The molecule has 0 aromatic carbocycles. The highest BCUT2D eigenvalue weighted by atomic mass is 16.5. The van der Waals surface area contributed by atoms with Crippen LogP contribution in [0.25, 0.3) is 0 Å². The molecule has 0 aliphatic carbocycles. The first-order chi connectivity index (χ1) is 13.0. The van der Waals surface area contributed by atoms with Gasteiger partial charge >= 0.3 is 0 Å². The van der Waals surface area contributed by atoms with Crippen LogP contribution in [0.4, 0.5) is 0 Å². The number of nitrogens with one attached hydrogen (secondary N) is 2. The minimum Gasteiger partial charge on any atom is -0.376 e. The third-order valence-corrected chi connectivity index (χ3v) is 4.68. The van der Waals surface area contributed by atoms with Gasteiger partial charge in [-0.05, 0) is 25.7 Å². The molecule has 3 rings (SSSR count). The van der Waals surface area contributed by atoms with Crippen molar-refractivity contribution in [3.8, 4) is 0 Å². The van der Waals surface area contributed by atoms with E-state index >= 15 is 0 Å². The number of nitrogens with zero attached hydrogens (tertiary/aromatic N) is 5. The standard InChI is InChI=1S/C18H29N7O2/c1-12(2)16-8-15(27-24-16)10-20-18(19-9-14-6-5-7-26-14)21-11-17-23-22-13(3)25(17)4/h8,12,14H,5-7,9-11H2,1-4H3,(H2,19,20,21). The van der Waals surface area contributed by atoms with Gasteiger partial charge in [0.2, 0.25) is 0 Å². The van der Waals surface area contributed by atoms with Crippen molar-refractivity contribution < 1.29 is 9.26 Å². The van der Waals surface area contributed by atoms with E-state index in [-0.39, 0.29) is 6.10 Å². The number of aryl methyl sites for hydroxylation is 1. The lowest BCUT2D eigenvalue weighted by Crippen LogP contribution is -2.40. The summed E-state index contributed by atoms with van der Waals surface area (Å²) in [5, 5.41) is 19.0. The van der Waals surface area contributed by atoms with Crippen molar-refractivity contribution in [1.29, 1.82) is 0 Å². The normalized spacial score (nSPS) is 17.7. The van der Waals surface area contributed by atoms with E-state index in [0.717, 1.165) is 49.1 Å². The van der Waals surface area contributed by atoms with Crippen LogP contribution in [0.5, 0.6) is 0 Å². The van der Waals surface area contributed by atoms with Crippen LogP contribution in [-0.4, -0.2) is 45.1 Å². The Hall–Kier alpha value is -2.42. The molecule has 1 fully saturated rings. The molecule has 2 aromatic heterocycles. The largest absolute Gasteiger partial charge is 0.376 e. The monoisotopic (exact) mass is 375 g/mol. The fourth-order valence-electron chi connectivity index (χ4n) is 2.78. The Morgan fingerprint density at radius 1 is 1.37 bits per heavy atom. The second-order valence-corrected chi connectivity index (χ2v) is 7.13. The lowest BCUT2D eigenvalue weighted by molar-refractivity contribution is 0.113. The lowest BCUT2D eigenvalue weighted by Gasteiger charge is -2.15. The SMILES string of the molecule is Cc1nnc(CN=C(NCc2cc(C(C)C)no2)NCC2CCCO2)n1C. The molecule has 1 unspecified atom stereocenters. The van der Waals surface area contributed by atoms with Crippen molar-refractivity contribution in [3.63, 3.8) is 0 Å². The molecule has 1 aliphatic rings. The number of rotatable bonds is 7. The number of aliphatic imine (C=N–C) groups is 1. The van der Waals surface area contributed by atoms with Gasteiger partial charge in [-0.3, -0.25) is 0 Å². The van der Waals surface area contributed by atoms with Crippen molar-refractivity contribution in [3.05, 3.63) is 29.2 Å². The molecular formula is C18H29N7O2. The highest BCUT2D eigenvalue weighted by molar-refractivity contribution is 5.79. The Labute approximate surface area is 159 Å². The zero-order valence-electron chi connectivity index (χ0n) is 16.5. The second-order valence-electron chi connectivity index (χ2n) is 7.13. The third-order valence-electron chi connectivity index (χ3n) is 4.68. The summed E-state index contributed by atoms with van der Waals surface area (Å²) >= 11 is 0. The van der Waals surface area contributed by atoms with Gasteiger partial charge in [0.25, 0.3) is 0 Å². The van der Waals surface area contributed by atoms with Crippen LogP contribution in [0.3, 0.4) is 0 Å². The fourth-order valence-corrected chi connectivity index (χ4v) is 2.78. The quantitative estimate of drug-likeness (QED) is 0.560. The number of guanidine groups is 1. The predicted octanol–water partition coefficient (Wildman–Crippen LogP) is 1.65. The first-order valence-corrected chi connectivity index (χ1v) is 9.47. The number of hydrogen-bond acceptors (Lipinski definition) is 6. The molecule has 9 heteroatoms. The summed E-state index contributed by atoms with van der Waals surface area (Å²) in [6, 6.07) is 1.97. The third kappa shape index (κ3) is 5.29. The second kappa shape index (κ2) is 8.98. The molecule has 0 saturated carbocycles. The van der Waals surface area contributed by atoms with Gasteiger partial charge in [-0.1, -0.05) is 19.0 Å². The first kappa shape index (κ1) is 19.3. The highest BCUT2D eigenvalue weighted by Crippen LogP contribution is 2.14. The summed E-state index contributed by atoms with van der Waals surface area (Å²) in [5.74, 6) is 3.48. The minimum absolute atomic E-state index is 0.229. The van der Waals surface area contributed by atoms with Gasteiger partial charge in [-0.2, -0.15) is 0 Å². The predicted molar refractivity (Wildman–Crippen MR) is 101 cm³/mol. The molecule has 9 nitrogen and oxygen atoms in total. The Balaban J connectivity index is 1.62. The first-order valence-electron chi connectivity index (χ1n) is 9.47. The number of ether oxygens (including phenoxy) is 1. The van der Waals surface area contributed by atoms with E-state index in [2.05, 4.69) is 44.8 Å². The maximum absolute atomic E-state index is 5.68. The molecule has 1 aliphatic heterocycles. The van der Waals surface area contributed by atoms with Crippen LogP contribution >= 0.6 is 0 Å². The Kier molecular flexibility index (Phi) is 6.44. The van der Waals surface area contributed by atoms with Crippen molar-refractivity contribution in [1.82, 2.24) is 30.6 Å². The topological polar surface area (TPSA) is 102 Å². The Morgan fingerprint density at radius 2 is 2.22 bits per heavy atom. The van der Waals surface area contributed by atoms with Gasteiger partial charge in [-0.15, -0.1) is 10.2 Å². The van der Waals surface area contributed by atoms with Crippen LogP contribution in [0.15, 0.2) is 15.6 Å². The van der Waals surface area contributed by atoms with Gasteiger partial charge in [0.05, 0.1) is 18.3 Å². The molecule has 0 spiro atoms. The van der Waals surface area contributed by atoms with Gasteiger partial charge in [0, 0.05) is 26.3 Å². The maximum atomic E-state index is 5.68. The molecule has 0 amide bonds. The average molecular weight is 375 g/mol. The molecule has 2 N–H and O–H groups in total. The van der Waals surface area contributed by atoms with Crippen molar-refractivity contribution in [2.45, 2.75) is 58.7 Å². The Morgan fingerprint density at radius 3 is 2.85 bits per heavy atom. The summed E-state index contributed by atoms with van der Waals surface area (Å²) in [6.45, 7) is 8.60. The minimum atomic E-state index is 0.229. The fraction of sp³-hybridized carbons (Fsp3) is 0.667. The average Bonchev–Trinajstić information content (AvgIpc) is 3.38. The van der Waals surface area contributed by atoms with Gasteiger partial charge in [0.15, 0.2) is 17.5 Å². The molecule has 0 radical (unpaired) electrons. The van der Waals surface area contributed by atoms with Crippen molar-refractivity contribution in [2.75, 3.05) is 13.2 Å². The number of hydrogen-bond donors (Lipinski definition) is 2. The van der Waals surface area contributed by atoms with E-state index in [9.17, 15) is 0 Å². The summed E-state index contributed by atoms with van der Waals surface area (Å²) < 4.78 is 13.0. The van der Waals surface area contributed by atoms with Gasteiger partial charge < -0.3 is 24.5 Å². The molecular weight excluding hydrogens is 346 g/mol. The summed E-state index contributed by atoms with van der Waals surface area (Å²) in [6.07, 6.45) is 2.41. The van der Waals surface area contributed by atoms with Crippen LogP contribution in [0.2, 0.25) is 0 Å². The summed E-state index contributed by atoms with van der Waals surface area (Å²) in [4.78, 5) is 4.64. The molecule has 3 heterocycles. The van der Waals surface area contributed by atoms with Gasteiger partial charge in [-0.25, -0.2) is 4.99 Å². The van der Waals surface area contributed by atoms with Gasteiger partial charge in [0.1, 0.15) is 12.4 Å². The van der Waals surface area contributed by atoms with Crippen LogP contribution < -0.4 is 10.6 Å². The smallest absolute Gasteiger partial charge is 0.192 e. The molecule has 148 valence electrons. The molecule has 1 saturated heterocycles. The zero-order chi connectivity index (χ0) is 19.2. The van der Waals surface area contributed by atoms with E-state index in [0.29, 0.717) is 25.0 Å². The molecule has 1 atom stereocenters. The van der Waals surface area contributed by atoms with E-state index in [4.69, 9.17) is 9.26 Å². The van der Waals surface area contributed by atoms with Crippen LogP contribution in [0, 0.1) is 6.92 Å². The molecule has 27 heavy (non-hydrogen) atoms. The van der Waals surface area contributed by atoms with E-state index in [1.165, 1.54) is 0 Å². The van der Waals surface area contributed by atoms with E-state index < -0.39 is 0 Å². The lowest BCUT2D eigenvalue weighted by atomic mass is 10.1. The molecule has 2 aromatic rings. The Bertz CT molecular complexity index is 760. The summed E-state index contributed by atoms with van der Waals surface area (Å²) in [5.41, 5.74) is 0.951. The highest BCUT2D eigenvalue weighted by Gasteiger charge is 2.16. The van der Waals surface area contributed by atoms with E-state index in [1.54, 1.807) is 0 Å². The van der Waals surface area contributed by atoms with Crippen LogP contribution in [-0.2, 0) is 24.9 Å². The van der Waals surface area contributed by atoms with Crippen molar-refractivity contribution >= 4 is 5.96 Å². The van der Waals surface area contributed by atoms with E-state index in [1.807, 2.05) is 24.6 Å².